The zero-order chi connectivity index (χ0) is 14.9. The van der Waals surface area contributed by atoms with Gasteiger partial charge in [0.15, 0.2) is 0 Å². The zero-order valence-electron chi connectivity index (χ0n) is 11.9. The highest BCUT2D eigenvalue weighted by Crippen LogP contribution is 2.30. The third-order valence-corrected chi connectivity index (χ3v) is 3.77. The summed E-state index contributed by atoms with van der Waals surface area (Å²) in [5.41, 5.74) is 0.789. The number of non-ortho nitro benzene ring substituents is 1. The van der Waals surface area contributed by atoms with Crippen molar-refractivity contribution in [2.75, 3.05) is 0 Å². The number of hydrogen-bond acceptors (Lipinski definition) is 4. The van der Waals surface area contributed by atoms with Crippen LogP contribution < -0.4 is 5.32 Å². The normalized spacial score (nSPS) is 23.9. The van der Waals surface area contributed by atoms with Crippen LogP contribution in [0.4, 0.5) is 5.69 Å². The Bertz CT molecular complexity index is 532. The monoisotopic (exact) mass is 277 g/mol. The molecule has 6 nitrogen and oxygen atoms in total. The predicted octanol–water partition coefficient (Wildman–Crippen LogP) is 2.21. The molecule has 1 aliphatic rings. The maximum Gasteiger partial charge on any atom is 0.269 e. The molecule has 1 N–H and O–H groups in total. The van der Waals surface area contributed by atoms with Crippen molar-refractivity contribution in [1.82, 2.24) is 10.2 Å². The SMILES string of the molecule is CCC(C)N1C(=O)C(C)NC1c1cccc([N+](=O)[O-])c1. The van der Waals surface area contributed by atoms with Crippen LogP contribution in [0.25, 0.3) is 0 Å². The van der Waals surface area contributed by atoms with Crippen LogP contribution in [0.2, 0.25) is 0 Å². The Morgan fingerprint density at radius 2 is 2.20 bits per heavy atom. The third-order valence-electron chi connectivity index (χ3n) is 3.77. The first kappa shape index (κ1) is 14.5. The molecule has 0 spiro atoms. The van der Waals surface area contributed by atoms with Gasteiger partial charge in [0, 0.05) is 18.2 Å². The fraction of sp³-hybridized carbons (Fsp3) is 0.500. The third kappa shape index (κ3) is 2.51. The number of amides is 1. The van der Waals surface area contributed by atoms with E-state index in [1.165, 1.54) is 12.1 Å². The van der Waals surface area contributed by atoms with Crippen molar-refractivity contribution >= 4 is 11.6 Å². The van der Waals surface area contributed by atoms with Gasteiger partial charge in [-0.05, 0) is 25.8 Å². The number of nitrogens with zero attached hydrogens (tertiary/aromatic N) is 2. The van der Waals surface area contributed by atoms with Crippen LogP contribution in [0.15, 0.2) is 24.3 Å². The van der Waals surface area contributed by atoms with Crippen LogP contribution in [0.1, 0.15) is 38.9 Å². The lowest BCUT2D eigenvalue weighted by Crippen LogP contribution is -2.37. The molecule has 6 heteroatoms. The summed E-state index contributed by atoms with van der Waals surface area (Å²) in [5.74, 6) is 0.0378. The molecule has 0 radical (unpaired) electrons. The lowest BCUT2D eigenvalue weighted by atomic mass is 10.1. The summed E-state index contributed by atoms with van der Waals surface area (Å²) in [6.45, 7) is 5.82. The topological polar surface area (TPSA) is 75.5 Å². The second kappa shape index (κ2) is 5.58. The van der Waals surface area contributed by atoms with Crippen molar-refractivity contribution in [1.29, 1.82) is 0 Å². The highest BCUT2D eigenvalue weighted by molar-refractivity contribution is 5.84. The van der Waals surface area contributed by atoms with Crippen molar-refractivity contribution in [2.24, 2.45) is 0 Å². The Morgan fingerprint density at radius 1 is 1.50 bits per heavy atom. The summed E-state index contributed by atoms with van der Waals surface area (Å²) in [7, 11) is 0. The van der Waals surface area contributed by atoms with Gasteiger partial charge in [0.1, 0.15) is 6.17 Å². The number of hydrogen-bond donors (Lipinski definition) is 1. The molecule has 0 saturated carbocycles. The molecule has 108 valence electrons. The van der Waals surface area contributed by atoms with Crippen LogP contribution in [0.5, 0.6) is 0 Å². The molecule has 0 aliphatic carbocycles. The quantitative estimate of drug-likeness (QED) is 0.676. The Morgan fingerprint density at radius 3 is 2.80 bits per heavy atom. The van der Waals surface area contributed by atoms with Gasteiger partial charge in [-0.15, -0.1) is 0 Å². The van der Waals surface area contributed by atoms with E-state index in [1.54, 1.807) is 11.0 Å². The minimum absolute atomic E-state index is 0.0378. The lowest BCUT2D eigenvalue weighted by Gasteiger charge is -2.29. The first-order valence-corrected chi connectivity index (χ1v) is 6.78. The maximum absolute atomic E-state index is 12.2. The van der Waals surface area contributed by atoms with Gasteiger partial charge >= 0.3 is 0 Å². The standard InChI is InChI=1S/C14H19N3O3/c1-4-9(2)16-13(15-10(3)14(16)18)11-6-5-7-12(8-11)17(19)20/h5-10,13,15H,4H2,1-3H3. The van der Waals surface area contributed by atoms with Gasteiger partial charge in [-0.3, -0.25) is 20.2 Å². The highest BCUT2D eigenvalue weighted by atomic mass is 16.6. The van der Waals surface area contributed by atoms with Crippen LogP contribution in [0.3, 0.4) is 0 Å². The molecule has 1 amide bonds. The fourth-order valence-electron chi connectivity index (χ4n) is 2.47. The Labute approximate surface area is 117 Å². The van der Waals surface area contributed by atoms with Crippen LogP contribution >= 0.6 is 0 Å². The summed E-state index contributed by atoms with van der Waals surface area (Å²) in [4.78, 5) is 24.5. The molecule has 1 aromatic rings. The lowest BCUT2D eigenvalue weighted by molar-refractivity contribution is -0.385. The van der Waals surface area contributed by atoms with E-state index < -0.39 is 4.92 Å². The smallest absolute Gasteiger partial charge is 0.269 e. The second-order valence-corrected chi connectivity index (χ2v) is 5.15. The highest BCUT2D eigenvalue weighted by Gasteiger charge is 2.39. The van der Waals surface area contributed by atoms with Gasteiger partial charge in [0.05, 0.1) is 11.0 Å². The maximum atomic E-state index is 12.2. The van der Waals surface area contributed by atoms with Gasteiger partial charge in [0.25, 0.3) is 5.69 Å². The molecular formula is C14H19N3O3. The van der Waals surface area contributed by atoms with E-state index in [0.29, 0.717) is 0 Å². The molecule has 0 aromatic heterocycles. The Hall–Kier alpha value is -1.95. The fourth-order valence-corrected chi connectivity index (χ4v) is 2.47. The van der Waals surface area contributed by atoms with E-state index in [2.05, 4.69) is 5.32 Å². The van der Waals surface area contributed by atoms with Crippen LogP contribution in [-0.2, 0) is 4.79 Å². The average Bonchev–Trinajstić information content (AvgIpc) is 2.74. The van der Waals surface area contributed by atoms with Crippen molar-refractivity contribution in [3.63, 3.8) is 0 Å². The molecule has 1 aliphatic heterocycles. The number of nitro groups is 1. The molecule has 20 heavy (non-hydrogen) atoms. The summed E-state index contributed by atoms with van der Waals surface area (Å²) in [5, 5.41) is 14.1. The largest absolute Gasteiger partial charge is 0.319 e. The molecule has 2 rings (SSSR count). The molecule has 1 fully saturated rings. The summed E-state index contributed by atoms with van der Waals surface area (Å²) in [6, 6.07) is 6.26. The van der Waals surface area contributed by atoms with Crippen molar-refractivity contribution in [3.05, 3.63) is 39.9 Å². The number of rotatable bonds is 4. The van der Waals surface area contributed by atoms with E-state index in [0.717, 1.165) is 12.0 Å². The van der Waals surface area contributed by atoms with E-state index in [-0.39, 0.29) is 29.8 Å². The van der Waals surface area contributed by atoms with Gasteiger partial charge < -0.3 is 4.90 Å². The molecule has 3 atom stereocenters. The number of nitro benzene ring substituents is 1. The average molecular weight is 277 g/mol. The van der Waals surface area contributed by atoms with Gasteiger partial charge in [-0.1, -0.05) is 19.1 Å². The van der Waals surface area contributed by atoms with Crippen molar-refractivity contribution in [2.45, 2.75) is 45.4 Å². The van der Waals surface area contributed by atoms with Crippen LogP contribution in [-0.4, -0.2) is 27.8 Å². The molecular weight excluding hydrogens is 258 g/mol. The zero-order valence-corrected chi connectivity index (χ0v) is 11.9. The Balaban J connectivity index is 2.37. The minimum atomic E-state index is -0.419. The van der Waals surface area contributed by atoms with Crippen molar-refractivity contribution < 1.29 is 9.72 Å². The Kier molecular flexibility index (Phi) is 4.04. The predicted molar refractivity (Wildman–Crippen MR) is 75.0 cm³/mol. The molecule has 0 bridgehead atoms. The first-order valence-electron chi connectivity index (χ1n) is 6.78. The molecule has 3 unspecified atom stereocenters. The summed E-state index contributed by atoms with van der Waals surface area (Å²) >= 11 is 0. The van der Waals surface area contributed by atoms with E-state index >= 15 is 0 Å². The molecule has 1 aromatic carbocycles. The summed E-state index contributed by atoms with van der Waals surface area (Å²) in [6.07, 6.45) is 0.540. The second-order valence-electron chi connectivity index (χ2n) is 5.15. The number of nitrogens with one attached hydrogen (secondary N) is 1. The molecule has 1 heterocycles. The van der Waals surface area contributed by atoms with Gasteiger partial charge in [-0.25, -0.2) is 0 Å². The number of carbonyl (C=O) groups excluding carboxylic acids is 1. The summed E-state index contributed by atoms with van der Waals surface area (Å²) < 4.78 is 0. The van der Waals surface area contributed by atoms with Gasteiger partial charge in [0.2, 0.25) is 5.91 Å². The van der Waals surface area contributed by atoms with Gasteiger partial charge in [-0.2, -0.15) is 0 Å². The van der Waals surface area contributed by atoms with E-state index in [1.807, 2.05) is 26.8 Å². The minimum Gasteiger partial charge on any atom is -0.319 e. The van der Waals surface area contributed by atoms with Crippen LogP contribution in [0, 0.1) is 10.1 Å². The van der Waals surface area contributed by atoms with E-state index in [4.69, 9.17) is 0 Å². The molecule has 1 saturated heterocycles. The number of benzene rings is 1. The number of carbonyl (C=O) groups is 1. The van der Waals surface area contributed by atoms with Crippen molar-refractivity contribution in [3.8, 4) is 0 Å². The van der Waals surface area contributed by atoms with E-state index in [9.17, 15) is 14.9 Å². The first-order chi connectivity index (χ1) is 9.45.